The largest absolute Gasteiger partial charge is 0.328 e. The monoisotopic (exact) mass is 297 g/mol. The van der Waals surface area contributed by atoms with Gasteiger partial charge in [0.05, 0.1) is 11.6 Å². The molecule has 1 amide bonds. The van der Waals surface area contributed by atoms with Gasteiger partial charge in [0.15, 0.2) is 0 Å². The van der Waals surface area contributed by atoms with Crippen molar-refractivity contribution < 1.29 is 4.79 Å². The molecule has 1 aliphatic rings. The van der Waals surface area contributed by atoms with E-state index in [1.807, 2.05) is 37.3 Å². The minimum atomic E-state index is -0.137. The Morgan fingerprint density at radius 3 is 2.73 bits per heavy atom. The van der Waals surface area contributed by atoms with Crippen LogP contribution in [0.15, 0.2) is 47.9 Å². The maximum absolute atomic E-state index is 12.8. The molecular weight excluding hydrogens is 278 g/mol. The van der Waals surface area contributed by atoms with Crippen molar-refractivity contribution in [2.24, 2.45) is 5.92 Å². The van der Waals surface area contributed by atoms with Gasteiger partial charge in [-0.25, -0.2) is 4.68 Å². The van der Waals surface area contributed by atoms with Crippen LogP contribution in [0, 0.1) is 5.92 Å². The smallest absolute Gasteiger partial charge is 0.255 e. The van der Waals surface area contributed by atoms with E-state index in [0.29, 0.717) is 11.5 Å². The third-order valence-corrected chi connectivity index (χ3v) is 3.74. The normalized spacial score (nSPS) is 17.2. The number of hydrogen-bond donors (Lipinski definition) is 2. The predicted octanol–water partition coefficient (Wildman–Crippen LogP) is 2.81. The minimum absolute atomic E-state index is 0.115. The average Bonchev–Trinajstić information content (AvgIpc) is 2.94. The van der Waals surface area contributed by atoms with Crippen LogP contribution in [0.5, 0.6) is 0 Å². The van der Waals surface area contributed by atoms with E-state index in [4.69, 9.17) is 0 Å². The van der Waals surface area contributed by atoms with Gasteiger partial charge in [0.1, 0.15) is 6.33 Å². The highest BCUT2D eigenvalue weighted by molar-refractivity contribution is 6.05. The van der Waals surface area contributed by atoms with Gasteiger partial charge in [0.2, 0.25) is 5.95 Å². The lowest BCUT2D eigenvalue weighted by atomic mass is 9.92. The number of amides is 1. The van der Waals surface area contributed by atoms with Gasteiger partial charge in [-0.2, -0.15) is 10.1 Å². The minimum Gasteiger partial charge on any atom is -0.328 e. The zero-order valence-electron chi connectivity index (χ0n) is 12.9. The zero-order valence-corrected chi connectivity index (χ0v) is 12.9. The fraction of sp³-hybridized carbons (Fsp3) is 0.312. The lowest BCUT2D eigenvalue weighted by molar-refractivity contribution is -0.113. The molecule has 22 heavy (non-hydrogen) atoms. The maximum Gasteiger partial charge on any atom is 0.255 e. The van der Waals surface area contributed by atoms with Crippen LogP contribution in [0.2, 0.25) is 0 Å². The van der Waals surface area contributed by atoms with Crippen LogP contribution in [0.25, 0.3) is 0 Å². The molecule has 3 rings (SSSR count). The second-order valence-corrected chi connectivity index (χ2v) is 5.70. The van der Waals surface area contributed by atoms with Gasteiger partial charge in [0.25, 0.3) is 5.91 Å². The van der Waals surface area contributed by atoms with Crippen LogP contribution >= 0.6 is 0 Å². The van der Waals surface area contributed by atoms with E-state index >= 15 is 0 Å². The number of nitrogens with one attached hydrogen (secondary N) is 2. The maximum atomic E-state index is 12.8. The SMILES string of the molecule is CC1=C(C(=O)Nc2ccccc2)[C@@H](C(C)C)n2ncnc2N1. The highest BCUT2D eigenvalue weighted by atomic mass is 16.1. The average molecular weight is 297 g/mol. The summed E-state index contributed by atoms with van der Waals surface area (Å²) in [6, 6.07) is 9.31. The molecule has 0 fully saturated rings. The molecular formula is C16H19N5O. The van der Waals surface area contributed by atoms with Crippen LogP contribution in [0.1, 0.15) is 26.8 Å². The summed E-state index contributed by atoms with van der Waals surface area (Å²) in [5, 5.41) is 10.4. The molecule has 0 saturated heterocycles. The second kappa shape index (κ2) is 5.63. The van der Waals surface area contributed by atoms with E-state index < -0.39 is 0 Å². The molecule has 2 heterocycles. The van der Waals surface area contributed by atoms with E-state index in [2.05, 4.69) is 34.6 Å². The van der Waals surface area contributed by atoms with Gasteiger partial charge >= 0.3 is 0 Å². The van der Waals surface area contributed by atoms with Crippen molar-refractivity contribution in [1.29, 1.82) is 0 Å². The number of anilines is 2. The van der Waals surface area contributed by atoms with Gasteiger partial charge in [-0.15, -0.1) is 0 Å². The molecule has 0 bridgehead atoms. The Hall–Kier alpha value is -2.63. The van der Waals surface area contributed by atoms with Crippen LogP contribution < -0.4 is 10.6 Å². The number of hydrogen-bond acceptors (Lipinski definition) is 4. The third-order valence-electron chi connectivity index (χ3n) is 3.74. The number of rotatable bonds is 3. The second-order valence-electron chi connectivity index (χ2n) is 5.70. The summed E-state index contributed by atoms with van der Waals surface area (Å²) in [7, 11) is 0. The summed E-state index contributed by atoms with van der Waals surface area (Å²) in [5.74, 6) is 0.775. The molecule has 0 spiro atoms. The van der Waals surface area contributed by atoms with E-state index in [1.54, 1.807) is 4.68 Å². The molecule has 6 nitrogen and oxygen atoms in total. The van der Waals surface area contributed by atoms with Crippen LogP contribution in [-0.2, 0) is 4.79 Å². The zero-order chi connectivity index (χ0) is 15.7. The molecule has 1 aromatic heterocycles. The van der Waals surface area contributed by atoms with Gasteiger partial charge in [-0.3, -0.25) is 4.79 Å². The summed E-state index contributed by atoms with van der Waals surface area (Å²) in [6.45, 7) is 6.04. The Morgan fingerprint density at radius 2 is 2.05 bits per heavy atom. The molecule has 114 valence electrons. The number of allylic oxidation sites excluding steroid dienone is 1. The Morgan fingerprint density at radius 1 is 1.32 bits per heavy atom. The molecule has 0 unspecified atom stereocenters. The van der Waals surface area contributed by atoms with Crippen molar-refractivity contribution in [3.8, 4) is 0 Å². The van der Waals surface area contributed by atoms with Crippen LogP contribution in [-0.4, -0.2) is 20.7 Å². The van der Waals surface area contributed by atoms with Gasteiger partial charge in [0, 0.05) is 11.4 Å². The van der Waals surface area contributed by atoms with Crippen LogP contribution in [0.4, 0.5) is 11.6 Å². The van der Waals surface area contributed by atoms with E-state index in [1.165, 1.54) is 6.33 Å². The van der Waals surface area contributed by atoms with E-state index in [9.17, 15) is 4.79 Å². The third kappa shape index (κ3) is 2.47. The number of benzene rings is 1. The first kappa shape index (κ1) is 14.3. The fourth-order valence-corrected chi connectivity index (χ4v) is 2.76. The first-order valence-corrected chi connectivity index (χ1v) is 7.31. The molecule has 2 aromatic rings. The standard InChI is InChI=1S/C16H19N5O/c1-10(2)14-13(11(3)19-16-17-9-18-21(14)16)15(22)20-12-7-5-4-6-8-12/h4-10,14H,1-3H3,(H,20,22)(H,17,18,19)/t14-/m1/s1. The van der Waals surface area contributed by atoms with E-state index in [0.717, 1.165) is 11.4 Å². The Balaban J connectivity index is 1.95. The van der Waals surface area contributed by atoms with Crippen molar-refractivity contribution in [3.05, 3.63) is 47.9 Å². The summed E-state index contributed by atoms with van der Waals surface area (Å²) < 4.78 is 1.78. The summed E-state index contributed by atoms with van der Waals surface area (Å²) in [4.78, 5) is 16.9. The molecule has 2 N–H and O–H groups in total. The van der Waals surface area contributed by atoms with Gasteiger partial charge in [-0.05, 0) is 25.0 Å². The number of carbonyl (C=O) groups excluding carboxylic acids is 1. The Kier molecular flexibility index (Phi) is 3.66. The van der Waals surface area contributed by atoms with Gasteiger partial charge in [-0.1, -0.05) is 32.0 Å². The molecule has 0 radical (unpaired) electrons. The number of carbonyl (C=O) groups is 1. The predicted molar refractivity (Wildman–Crippen MR) is 85.3 cm³/mol. The molecule has 0 saturated carbocycles. The molecule has 6 heteroatoms. The first-order chi connectivity index (χ1) is 10.6. The number of aromatic nitrogens is 3. The lowest BCUT2D eigenvalue weighted by Crippen LogP contribution is -2.33. The first-order valence-electron chi connectivity index (χ1n) is 7.31. The van der Waals surface area contributed by atoms with Crippen molar-refractivity contribution >= 4 is 17.5 Å². The number of nitrogens with zero attached hydrogens (tertiary/aromatic N) is 3. The Labute approximate surface area is 129 Å². The highest BCUT2D eigenvalue weighted by Crippen LogP contribution is 2.34. The lowest BCUT2D eigenvalue weighted by Gasteiger charge is -2.30. The molecule has 1 aromatic carbocycles. The summed E-state index contributed by atoms with van der Waals surface area (Å²) in [5.41, 5.74) is 2.28. The molecule has 0 aliphatic carbocycles. The summed E-state index contributed by atoms with van der Waals surface area (Å²) >= 11 is 0. The van der Waals surface area contributed by atoms with Gasteiger partial charge < -0.3 is 10.6 Å². The number of fused-ring (bicyclic) bond motifs is 1. The quantitative estimate of drug-likeness (QED) is 0.914. The number of para-hydroxylation sites is 1. The Bertz CT molecular complexity index is 717. The van der Waals surface area contributed by atoms with E-state index in [-0.39, 0.29) is 17.9 Å². The topological polar surface area (TPSA) is 71.8 Å². The molecule has 1 atom stereocenters. The highest BCUT2D eigenvalue weighted by Gasteiger charge is 2.33. The molecule has 1 aliphatic heterocycles. The van der Waals surface area contributed by atoms with Crippen molar-refractivity contribution in [1.82, 2.24) is 14.8 Å². The van der Waals surface area contributed by atoms with Crippen molar-refractivity contribution in [2.75, 3.05) is 10.6 Å². The summed E-state index contributed by atoms with van der Waals surface area (Å²) in [6.07, 6.45) is 1.50. The van der Waals surface area contributed by atoms with Crippen molar-refractivity contribution in [2.45, 2.75) is 26.8 Å². The van der Waals surface area contributed by atoms with Crippen LogP contribution in [0.3, 0.4) is 0 Å². The van der Waals surface area contributed by atoms with Crippen molar-refractivity contribution in [3.63, 3.8) is 0 Å². The fourth-order valence-electron chi connectivity index (χ4n) is 2.76.